The molecule has 1 atom stereocenters. The summed E-state index contributed by atoms with van der Waals surface area (Å²) in [6, 6.07) is 7.45. The van der Waals surface area contributed by atoms with E-state index in [1.807, 2.05) is 28.9 Å². The molecule has 0 aromatic heterocycles. The van der Waals surface area contributed by atoms with Gasteiger partial charge in [0.15, 0.2) is 0 Å². The first-order valence-corrected chi connectivity index (χ1v) is 12.0. The third kappa shape index (κ3) is 5.03. The van der Waals surface area contributed by atoms with Gasteiger partial charge in [0.05, 0.1) is 0 Å². The molecule has 7 heteroatoms. The molecular weight excluding hydrogens is 402 g/mol. The Kier molecular flexibility index (Phi) is 6.62. The second kappa shape index (κ2) is 8.23. The maximum atomic E-state index is 12.3. The van der Waals surface area contributed by atoms with E-state index in [1.54, 1.807) is 11.8 Å². The minimum absolute atomic E-state index is 0.0287. The van der Waals surface area contributed by atoms with Crippen LogP contribution in [-0.2, 0) is 23.0 Å². The van der Waals surface area contributed by atoms with Gasteiger partial charge in [0.1, 0.15) is 0 Å². The number of carbonyl (C=O) groups excluding carboxylic acids is 1. The summed E-state index contributed by atoms with van der Waals surface area (Å²) in [5.74, 6) is 0.602. The normalized spacial score (nSPS) is 17.1. The van der Waals surface area contributed by atoms with Crippen LogP contribution in [0.2, 0.25) is 0 Å². The third-order valence-electron chi connectivity index (χ3n) is 3.08. The molecule has 1 aliphatic rings. The van der Waals surface area contributed by atoms with Crippen molar-refractivity contribution >= 4 is 29.9 Å². The van der Waals surface area contributed by atoms with Gasteiger partial charge < -0.3 is 0 Å². The molecule has 1 unspecified atom stereocenters. The molecule has 118 valence electrons. The van der Waals surface area contributed by atoms with Crippen LogP contribution in [0.1, 0.15) is 12.5 Å². The number of morpholine rings is 1. The first-order chi connectivity index (χ1) is 10.1. The zero-order valence-electron chi connectivity index (χ0n) is 11.6. The Morgan fingerprint density at radius 3 is 2.71 bits per heavy atom. The second-order valence-electron chi connectivity index (χ2n) is 4.54. The van der Waals surface area contributed by atoms with Crippen molar-refractivity contribution in [2.75, 3.05) is 26.3 Å². The van der Waals surface area contributed by atoms with Gasteiger partial charge in [-0.25, -0.2) is 0 Å². The van der Waals surface area contributed by atoms with E-state index >= 15 is 0 Å². The Morgan fingerprint density at radius 1 is 1.38 bits per heavy atom. The van der Waals surface area contributed by atoms with Crippen LogP contribution in [0.3, 0.4) is 0 Å². The van der Waals surface area contributed by atoms with Crippen LogP contribution in [0.25, 0.3) is 0 Å². The number of rotatable bonds is 4. The number of halogens is 2. The van der Waals surface area contributed by atoms with Gasteiger partial charge in [-0.3, -0.25) is 0 Å². The van der Waals surface area contributed by atoms with Crippen molar-refractivity contribution in [3.05, 3.63) is 29.8 Å². The van der Waals surface area contributed by atoms with E-state index in [0.29, 0.717) is 32.1 Å². The van der Waals surface area contributed by atoms with Gasteiger partial charge in [0.25, 0.3) is 0 Å². The number of hydrogen-bond acceptors (Lipinski definition) is 3. The number of nitrogens with zero attached hydrogens (tertiary/aromatic N) is 1. The number of hydrogen-bond donors (Lipinski definition) is 0. The van der Waals surface area contributed by atoms with Crippen molar-refractivity contribution in [2.24, 2.45) is 0 Å². The molecule has 0 saturated carbocycles. The monoisotopic (exact) mass is 419 g/mol. The molecule has 21 heavy (non-hydrogen) atoms. The SMILES string of the molecule is CC(Oc1ccccc1[CH]=[Ru]([Cl])[Cl])C(=O)N1CCOCC1. The topological polar surface area (TPSA) is 38.8 Å². The van der Waals surface area contributed by atoms with Gasteiger partial charge in [0.2, 0.25) is 0 Å². The van der Waals surface area contributed by atoms with E-state index in [2.05, 4.69) is 0 Å². The number of amides is 1. The molecule has 1 aromatic rings. The van der Waals surface area contributed by atoms with Gasteiger partial charge in [-0.15, -0.1) is 0 Å². The van der Waals surface area contributed by atoms with E-state index in [9.17, 15) is 4.79 Å². The molecule has 1 saturated heterocycles. The standard InChI is InChI=1S/C14H17NO3.2ClH.Ru/c1-11-5-3-4-6-13(11)18-12(2)14(16)15-7-9-17-10-8-15;;;/h1,3-6,12H,7-10H2,2H3;2*1H;/q;;;+2/p-2. The summed E-state index contributed by atoms with van der Waals surface area (Å²) in [5.41, 5.74) is 0.836. The van der Waals surface area contributed by atoms with Crippen LogP contribution in [0.5, 0.6) is 5.75 Å². The minimum atomic E-state index is -1.94. The molecule has 1 aromatic carbocycles. The predicted octanol–water partition coefficient (Wildman–Crippen LogP) is 2.39. The Bertz CT molecular complexity index is 529. The van der Waals surface area contributed by atoms with Gasteiger partial charge in [-0.2, -0.15) is 0 Å². The molecule has 0 radical (unpaired) electrons. The first kappa shape index (κ1) is 16.9. The molecule has 0 spiro atoms. The van der Waals surface area contributed by atoms with Crippen molar-refractivity contribution < 1.29 is 27.8 Å². The van der Waals surface area contributed by atoms with Crippen molar-refractivity contribution in [1.82, 2.24) is 4.90 Å². The average molecular weight is 419 g/mol. The summed E-state index contributed by atoms with van der Waals surface area (Å²) < 4.78 is 12.9. The number of para-hydroxylation sites is 1. The van der Waals surface area contributed by atoms with E-state index < -0.39 is 19.6 Å². The number of ether oxygens (including phenoxy) is 2. The van der Waals surface area contributed by atoms with Crippen molar-refractivity contribution in [3.63, 3.8) is 0 Å². The Hall–Kier alpha value is -0.477. The predicted molar refractivity (Wildman–Crippen MR) is 80.8 cm³/mol. The summed E-state index contributed by atoms with van der Waals surface area (Å²) in [7, 11) is 11.8. The van der Waals surface area contributed by atoms with Crippen LogP contribution in [0.15, 0.2) is 24.3 Å². The molecule has 2 rings (SSSR count). The average Bonchev–Trinajstić information content (AvgIpc) is 2.49. The van der Waals surface area contributed by atoms with Crippen LogP contribution in [-0.4, -0.2) is 47.8 Å². The van der Waals surface area contributed by atoms with Crippen LogP contribution < -0.4 is 4.74 Å². The summed E-state index contributed by atoms with van der Waals surface area (Å²) in [5, 5.41) is 0. The molecule has 0 bridgehead atoms. The summed E-state index contributed by atoms with van der Waals surface area (Å²) in [6.45, 7) is 4.13. The van der Waals surface area contributed by atoms with E-state index in [4.69, 9.17) is 28.9 Å². The first-order valence-electron chi connectivity index (χ1n) is 6.53. The van der Waals surface area contributed by atoms with Crippen LogP contribution in [0, 0.1) is 0 Å². The fourth-order valence-corrected chi connectivity index (χ4v) is 3.84. The van der Waals surface area contributed by atoms with Crippen LogP contribution >= 0.6 is 19.4 Å². The Balaban J connectivity index is 2.07. The van der Waals surface area contributed by atoms with Gasteiger partial charge >= 0.3 is 137 Å². The number of carbonyl (C=O) groups is 1. The molecule has 1 fully saturated rings. The number of benzene rings is 1. The fraction of sp³-hybridized carbons (Fsp3) is 0.429. The third-order valence-corrected chi connectivity index (χ3v) is 4.91. The van der Waals surface area contributed by atoms with Gasteiger partial charge in [-0.05, 0) is 0 Å². The quantitative estimate of drug-likeness (QED) is 0.704. The fourth-order valence-electron chi connectivity index (χ4n) is 2.04. The zero-order valence-corrected chi connectivity index (χ0v) is 14.8. The van der Waals surface area contributed by atoms with Crippen molar-refractivity contribution in [2.45, 2.75) is 13.0 Å². The molecule has 0 N–H and O–H groups in total. The zero-order chi connectivity index (χ0) is 15.2. The van der Waals surface area contributed by atoms with Crippen molar-refractivity contribution in [3.8, 4) is 5.75 Å². The molecular formula is C14H17Cl2NO3Ru. The van der Waals surface area contributed by atoms with Crippen molar-refractivity contribution in [1.29, 1.82) is 0 Å². The van der Waals surface area contributed by atoms with Gasteiger partial charge in [-0.1, -0.05) is 0 Å². The Morgan fingerprint density at radius 2 is 2.05 bits per heavy atom. The molecule has 1 heterocycles. The van der Waals surface area contributed by atoms with Crippen LogP contribution in [0.4, 0.5) is 0 Å². The molecule has 0 aliphatic carbocycles. The van der Waals surface area contributed by atoms with Gasteiger partial charge in [0, 0.05) is 0 Å². The molecule has 1 aliphatic heterocycles. The summed E-state index contributed by atoms with van der Waals surface area (Å²) in [6.07, 6.45) is -0.552. The van der Waals surface area contributed by atoms with E-state index in [-0.39, 0.29) is 5.91 Å². The van der Waals surface area contributed by atoms with E-state index in [1.165, 1.54) is 0 Å². The summed E-state index contributed by atoms with van der Waals surface area (Å²) in [4.78, 5) is 14.1. The molecule has 1 amide bonds. The Labute approximate surface area is 137 Å². The second-order valence-corrected chi connectivity index (χ2v) is 10.3. The maximum absolute atomic E-state index is 12.3. The molecule has 4 nitrogen and oxygen atoms in total. The summed E-state index contributed by atoms with van der Waals surface area (Å²) >= 11 is -1.94. The van der Waals surface area contributed by atoms with E-state index in [0.717, 1.165) is 5.56 Å².